The van der Waals surface area contributed by atoms with Crippen molar-refractivity contribution in [1.82, 2.24) is 5.32 Å². The molecule has 0 unspecified atom stereocenters. The molecule has 3 saturated heterocycles. The number of fused-ring (bicyclic) bond motifs is 3. The fraction of sp³-hybridized carbons (Fsp3) is 0.526. The van der Waals surface area contributed by atoms with Crippen LogP contribution in [0.15, 0.2) is 37.0 Å². The maximum atomic E-state index is 12.6. The number of carbonyl (C=O) groups is 1. The summed E-state index contributed by atoms with van der Waals surface area (Å²) in [6.45, 7) is 12.2. The number of amides is 1. The van der Waals surface area contributed by atoms with Gasteiger partial charge in [0, 0.05) is 12.2 Å². The maximum Gasteiger partial charge on any atom is 0.279 e. The summed E-state index contributed by atoms with van der Waals surface area (Å²) in [7, 11) is 2.35. The molecule has 4 rings (SSSR count). The molecule has 1 amide bonds. The van der Waals surface area contributed by atoms with Crippen LogP contribution < -0.4 is 10.6 Å². The van der Waals surface area contributed by atoms with E-state index in [0.717, 1.165) is 42.8 Å². The molecule has 24 heavy (non-hydrogen) atoms. The lowest BCUT2D eigenvalue weighted by molar-refractivity contribution is -1.07. The fourth-order valence-corrected chi connectivity index (χ4v) is 3.90. The first kappa shape index (κ1) is 17.0. The Morgan fingerprint density at radius 2 is 1.92 bits per heavy atom. The van der Waals surface area contributed by atoms with E-state index in [1.54, 1.807) is 6.20 Å². The minimum Gasteiger partial charge on any atom is -0.391 e. The number of piperazine rings is 3. The number of quaternary nitrogens is 2. The van der Waals surface area contributed by atoms with E-state index in [4.69, 9.17) is 0 Å². The van der Waals surface area contributed by atoms with E-state index in [1.807, 2.05) is 12.1 Å². The quantitative estimate of drug-likeness (QED) is 0.582. The van der Waals surface area contributed by atoms with Crippen LogP contribution in [0, 0.1) is 0 Å². The Hall–Kier alpha value is -1.85. The van der Waals surface area contributed by atoms with Gasteiger partial charge in [-0.2, -0.15) is 0 Å². The average Bonchev–Trinajstić information content (AvgIpc) is 2.57. The molecule has 1 aromatic carbocycles. The molecule has 0 saturated carbocycles. The Morgan fingerprint density at radius 1 is 1.21 bits per heavy atom. The summed E-state index contributed by atoms with van der Waals surface area (Å²) in [5.74, 6) is 0.148. The molecule has 3 heterocycles. The molecule has 1 aromatic rings. The van der Waals surface area contributed by atoms with Crippen LogP contribution in [0.25, 0.3) is 0 Å². The molecule has 3 aliphatic heterocycles. The summed E-state index contributed by atoms with van der Waals surface area (Å²) < 4.78 is 2.17. The first-order valence-corrected chi connectivity index (χ1v) is 8.94. The number of hydrogen-bond acceptors (Lipinski definition) is 2. The van der Waals surface area contributed by atoms with Crippen LogP contribution in [0.2, 0.25) is 0 Å². The van der Waals surface area contributed by atoms with Crippen molar-refractivity contribution in [3.63, 3.8) is 0 Å². The molecule has 0 aromatic heterocycles. The second-order valence-corrected chi connectivity index (χ2v) is 7.62. The van der Waals surface area contributed by atoms with Gasteiger partial charge in [0.15, 0.2) is 6.54 Å². The molecule has 2 bridgehead atoms. The largest absolute Gasteiger partial charge is 0.391 e. The molecule has 5 nitrogen and oxygen atoms in total. The van der Waals surface area contributed by atoms with Crippen molar-refractivity contribution in [3.05, 3.63) is 42.6 Å². The molecular weight excluding hydrogens is 300 g/mol. The van der Waals surface area contributed by atoms with Gasteiger partial charge in [-0.1, -0.05) is 18.7 Å². The Morgan fingerprint density at radius 3 is 2.58 bits per heavy atom. The van der Waals surface area contributed by atoms with Crippen LogP contribution in [-0.2, 0) is 11.2 Å². The van der Waals surface area contributed by atoms with E-state index < -0.39 is 0 Å². The molecule has 0 aliphatic carbocycles. The van der Waals surface area contributed by atoms with Gasteiger partial charge in [-0.05, 0) is 30.3 Å². The van der Waals surface area contributed by atoms with Gasteiger partial charge in [0.2, 0.25) is 0 Å². The molecule has 0 spiro atoms. The van der Waals surface area contributed by atoms with Gasteiger partial charge >= 0.3 is 0 Å². The van der Waals surface area contributed by atoms with Crippen molar-refractivity contribution in [2.75, 3.05) is 64.7 Å². The molecular formula is C19H30N4O+2. The summed E-state index contributed by atoms with van der Waals surface area (Å²) in [4.78, 5) is 12.6. The Kier molecular flexibility index (Phi) is 4.92. The third kappa shape index (κ3) is 3.97. The minimum atomic E-state index is 0.148. The minimum absolute atomic E-state index is 0.148. The van der Waals surface area contributed by atoms with Gasteiger partial charge in [0.1, 0.15) is 39.3 Å². The molecule has 5 heteroatoms. The predicted octanol–water partition coefficient (Wildman–Crippen LogP) is 1.19. The van der Waals surface area contributed by atoms with Crippen molar-refractivity contribution in [3.8, 4) is 0 Å². The SMILES string of the molecule is C=CNCCc1cccc(NC(=O)C[N+]23CC[N+](C)(CC2)CC3)c1. The highest BCUT2D eigenvalue weighted by Crippen LogP contribution is 2.24. The Labute approximate surface area is 145 Å². The zero-order valence-corrected chi connectivity index (χ0v) is 14.8. The fourth-order valence-electron chi connectivity index (χ4n) is 3.90. The average molecular weight is 330 g/mol. The van der Waals surface area contributed by atoms with Crippen LogP contribution in [0.5, 0.6) is 0 Å². The van der Waals surface area contributed by atoms with Crippen molar-refractivity contribution in [1.29, 1.82) is 0 Å². The van der Waals surface area contributed by atoms with Crippen molar-refractivity contribution < 1.29 is 13.8 Å². The van der Waals surface area contributed by atoms with Gasteiger partial charge < -0.3 is 19.6 Å². The second kappa shape index (κ2) is 6.95. The molecule has 2 N–H and O–H groups in total. The third-order valence-electron chi connectivity index (χ3n) is 5.73. The first-order chi connectivity index (χ1) is 11.5. The van der Waals surface area contributed by atoms with E-state index in [2.05, 4.69) is 36.4 Å². The normalized spacial score (nSPS) is 28.4. The lowest BCUT2D eigenvalue weighted by Crippen LogP contribution is -2.74. The van der Waals surface area contributed by atoms with Crippen molar-refractivity contribution >= 4 is 11.6 Å². The zero-order chi connectivity index (χ0) is 17.0. The lowest BCUT2D eigenvalue weighted by atomic mass is 10.1. The van der Waals surface area contributed by atoms with E-state index >= 15 is 0 Å². The van der Waals surface area contributed by atoms with Crippen LogP contribution >= 0.6 is 0 Å². The lowest BCUT2D eigenvalue weighted by Gasteiger charge is -2.53. The van der Waals surface area contributed by atoms with Crippen molar-refractivity contribution in [2.24, 2.45) is 0 Å². The summed E-state index contributed by atoms with van der Waals surface area (Å²) >= 11 is 0. The number of anilines is 1. The highest BCUT2D eigenvalue weighted by Gasteiger charge is 2.47. The Balaban J connectivity index is 1.55. The van der Waals surface area contributed by atoms with Gasteiger partial charge in [-0.25, -0.2) is 0 Å². The molecule has 130 valence electrons. The predicted molar refractivity (Wildman–Crippen MR) is 97.5 cm³/mol. The summed E-state index contributed by atoms with van der Waals surface area (Å²) in [5.41, 5.74) is 2.13. The number of likely N-dealkylation sites (N-methyl/N-ethyl adjacent to an activating group) is 1. The number of carbonyl (C=O) groups excluding carboxylic acids is 1. The number of nitrogens with zero attached hydrogens (tertiary/aromatic N) is 2. The monoisotopic (exact) mass is 330 g/mol. The number of rotatable bonds is 7. The van der Waals surface area contributed by atoms with Crippen LogP contribution in [0.3, 0.4) is 0 Å². The topological polar surface area (TPSA) is 41.1 Å². The Bertz CT molecular complexity index is 589. The van der Waals surface area contributed by atoms with E-state index in [0.29, 0.717) is 6.54 Å². The molecule has 0 atom stereocenters. The van der Waals surface area contributed by atoms with Crippen molar-refractivity contribution in [2.45, 2.75) is 6.42 Å². The maximum absolute atomic E-state index is 12.6. The van der Waals surface area contributed by atoms with Crippen LogP contribution in [-0.4, -0.2) is 74.3 Å². The number of benzene rings is 1. The smallest absolute Gasteiger partial charge is 0.279 e. The number of nitrogens with one attached hydrogen (secondary N) is 2. The molecule has 3 fully saturated rings. The van der Waals surface area contributed by atoms with E-state index in [1.165, 1.54) is 29.7 Å². The number of hydrogen-bond donors (Lipinski definition) is 2. The molecule has 3 aliphatic rings. The zero-order valence-electron chi connectivity index (χ0n) is 14.8. The first-order valence-electron chi connectivity index (χ1n) is 8.94. The summed E-state index contributed by atoms with van der Waals surface area (Å²) in [6, 6.07) is 8.15. The second-order valence-electron chi connectivity index (χ2n) is 7.62. The highest BCUT2D eigenvalue weighted by molar-refractivity contribution is 5.91. The van der Waals surface area contributed by atoms with Crippen LogP contribution in [0.4, 0.5) is 5.69 Å². The van der Waals surface area contributed by atoms with Gasteiger partial charge in [0.05, 0.1) is 7.05 Å². The standard InChI is InChI=1S/C19H29N4O/c1-3-20-8-7-17-5-4-6-18(15-17)21-19(24)16-23-12-9-22(2,10-13-23)11-14-23/h3-6,15,20H,1,7-14,16H2,2H3/q+1/p+1. The summed E-state index contributed by atoms with van der Waals surface area (Å²) in [5, 5.41) is 6.21. The highest BCUT2D eigenvalue weighted by atomic mass is 16.2. The van der Waals surface area contributed by atoms with E-state index in [9.17, 15) is 4.79 Å². The van der Waals surface area contributed by atoms with Crippen LogP contribution in [0.1, 0.15) is 5.56 Å². The van der Waals surface area contributed by atoms with Gasteiger partial charge in [-0.3, -0.25) is 4.79 Å². The third-order valence-corrected chi connectivity index (χ3v) is 5.73. The summed E-state index contributed by atoms with van der Waals surface area (Å²) in [6.07, 6.45) is 2.63. The van der Waals surface area contributed by atoms with Gasteiger partial charge in [0.25, 0.3) is 5.91 Å². The molecule has 0 radical (unpaired) electrons. The van der Waals surface area contributed by atoms with E-state index in [-0.39, 0.29) is 5.91 Å². The van der Waals surface area contributed by atoms with Gasteiger partial charge in [-0.15, -0.1) is 0 Å².